The van der Waals surface area contributed by atoms with Crippen LogP contribution in [0.4, 0.5) is 0 Å². The van der Waals surface area contributed by atoms with E-state index < -0.39 is 0 Å². The van der Waals surface area contributed by atoms with Gasteiger partial charge in [0.1, 0.15) is 22.3 Å². The molecule has 330 valence electrons. The van der Waals surface area contributed by atoms with Crippen molar-refractivity contribution in [3.63, 3.8) is 0 Å². The van der Waals surface area contributed by atoms with Gasteiger partial charge in [0.15, 0.2) is 0 Å². The van der Waals surface area contributed by atoms with E-state index in [9.17, 15) is 0 Å². The van der Waals surface area contributed by atoms with Gasteiger partial charge in [-0.3, -0.25) is 0 Å². The normalized spacial score (nSPS) is 13.0. The molecule has 0 spiro atoms. The quantitative estimate of drug-likeness (QED) is 0.173. The van der Waals surface area contributed by atoms with Gasteiger partial charge in [0.25, 0.3) is 0 Å². The fraction of sp³-hybridized carbons (Fsp3) is 0. The molecule has 19 rings (SSSR count). The highest BCUT2D eigenvalue weighted by molar-refractivity contribution is 6.35. The Morgan fingerprint density at radius 2 is 0.611 bits per heavy atom. The van der Waals surface area contributed by atoms with Crippen LogP contribution >= 0.6 is 0 Å². The van der Waals surface area contributed by atoms with E-state index in [1.165, 1.54) is 120 Å². The average Bonchev–Trinajstić information content (AvgIpc) is 4.32. The molecule has 0 saturated heterocycles. The molecule has 0 amide bonds. The van der Waals surface area contributed by atoms with Crippen LogP contribution in [0.3, 0.4) is 0 Å². The molecule has 0 saturated carbocycles. The zero-order valence-electron chi connectivity index (χ0n) is 38.2. The van der Waals surface area contributed by atoms with E-state index in [4.69, 9.17) is 8.83 Å². The van der Waals surface area contributed by atoms with Crippen molar-refractivity contribution in [3.05, 3.63) is 206 Å². The number of para-hydroxylation sites is 6. The second kappa shape index (κ2) is 12.3. The smallest absolute Gasteiger partial charge is 0.135 e. The molecule has 0 aliphatic rings. The summed E-state index contributed by atoms with van der Waals surface area (Å²) >= 11 is 0. The van der Waals surface area contributed by atoms with Gasteiger partial charge >= 0.3 is 0 Å². The highest BCUT2D eigenvalue weighted by atomic mass is 16.3. The fourth-order valence-corrected chi connectivity index (χ4v) is 13.8. The first-order chi connectivity index (χ1) is 35.7. The van der Waals surface area contributed by atoms with Crippen LogP contribution in [0.2, 0.25) is 0 Å². The van der Waals surface area contributed by atoms with Crippen LogP contribution in [0.15, 0.2) is 215 Å². The number of furan rings is 2. The van der Waals surface area contributed by atoms with Crippen molar-refractivity contribution in [3.8, 4) is 11.4 Å². The standard InChI is InChI=1S/C66H34N4O2/c1-5-19-51-37(11-1)43-25-27-53-61(65(43)67(51)35-23-29-59-49(31-35)39-13-3-7-21-57(39)71-59)45-17-9-15-41-47-34-56-48(33-55(47)69(53)63(41)45)42-16-10-18-46-62-54(70(56)64(42)46)28-26-44-38-12-2-6-20-52(38)68(66(44)62)36-24-30-60-50(32-36)40-14-4-8-22-58(40)72-60/h1-34H. The lowest BCUT2D eigenvalue weighted by Gasteiger charge is -2.10. The van der Waals surface area contributed by atoms with E-state index in [1.807, 2.05) is 12.1 Å². The van der Waals surface area contributed by atoms with E-state index in [2.05, 4.69) is 212 Å². The maximum absolute atomic E-state index is 6.32. The first-order valence-electron chi connectivity index (χ1n) is 24.7. The third kappa shape index (κ3) is 4.13. The van der Waals surface area contributed by atoms with E-state index in [-0.39, 0.29) is 0 Å². The number of aromatic nitrogens is 4. The highest BCUT2D eigenvalue weighted by Gasteiger charge is 2.27. The summed E-state index contributed by atoms with van der Waals surface area (Å²) in [5.41, 5.74) is 18.0. The molecule has 0 atom stereocenters. The Morgan fingerprint density at radius 3 is 1.10 bits per heavy atom. The maximum atomic E-state index is 6.32. The molecule has 0 unspecified atom stereocenters. The molecule has 0 N–H and O–H groups in total. The third-order valence-corrected chi connectivity index (χ3v) is 16.6. The Hall–Kier alpha value is -9.78. The number of benzene rings is 11. The maximum Gasteiger partial charge on any atom is 0.135 e. The second-order valence-corrected chi connectivity index (χ2v) is 19.9. The van der Waals surface area contributed by atoms with Gasteiger partial charge in [0.05, 0.1) is 55.2 Å². The van der Waals surface area contributed by atoms with Crippen LogP contribution in [0.25, 0.3) is 175 Å². The number of hydrogen-bond acceptors (Lipinski definition) is 2. The summed E-state index contributed by atoms with van der Waals surface area (Å²) in [4.78, 5) is 0. The SMILES string of the molecule is c1ccc2c(c1)oc1ccc(-n3c4ccccc4c4ccc5c(c6cccc7c8cc9c(cc8n5c76)c5cccc6c7c8c(ccc7n9c56)c5ccccc5n8-c5ccc6oc7ccccc7c6c5)c43)cc12. The summed E-state index contributed by atoms with van der Waals surface area (Å²) in [6.07, 6.45) is 0. The Morgan fingerprint density at radius 1 is 0.222 bits per heavy atom. The van der Waals surface area contributed by atoms with Gasteiger partial charge in [0, 0.05) is 97.6 Å². The van der Waals surface area contributed by atoms with Crippen LogP contribution in [0, 0.1) is 0 Å². The Labute approximate surface area is 406 Å². The molecule has 0 aliphatic heterocycles. The van der Waals surface area contributed by atoms with Crippen molar-refractivity contribution in [1.29, 1.82) is 0 Å². The fourth-order valence-electron chi connectivity index (χ4n) is 13.8. The van der Waals surface area contributed by atoms with Crippen LogP contribution < -0.4 is 0 Å². The van der Waals surface area contributed by atoms with Gasteiger partial charge in [0.2, 0.25) is 0 Å². The van der Waals surface area contributed by atoms with Crippen LogP contribution in [0.1, 0.15) is 0 Å². The Bertz CT molecular complexity index is 5300. The summed E-state index contributed by atoms with van der Waals surface area (Å²) in [5, 5.41) is 19.6. The molecule has 8 heterocycles. The van der Waals surface area contributed by atoms with Crippen molar-refractivity contribution < 1.29 is 8.83 Å². The van der Waals surface area contributed by atoms with Crippen molar-refractivity contribution >= 4 is 164 Å². The molecule has 6 heteroatoms. The van der Waals surface area contributed by atoms with Gasteiger partial charge in [-0.25, -0.2) is 0 Å². The number of fused-ring (bicyclic) bond motifs is 26. The zero-order valence-corrected chi connectivity index (χ0v) is 38.2. The molecule has 0 fully saturated rings. The van der Waals surface area contributed by atoms with E-state index in [1.54, 1.807) is 0 Å². The van der Waals surface area contributed by atoms with E-state index in [0.29, 0.717) is 0 Å². The van der Waals surface area contributed by atoms with Gasteiger partial charge in [-0.15, -0.1) is 0 Å². The van der Waals surface area contributed by atoms with Gasteiger partial charge in [-0.1, -0.05) is 121 Å². The average molecular weight is 915 g/mol. The molecule has 0 bridgehead atoms. The van der Waals surface area contributed by atoms with Crippen LogP contribution in [0.5, 0.6) is 0 Å². The van der Waals surface area contributed by atoms with E-state index >= 15 is 0 Å². The first-order valence-corrected chi connectivity index (χ1v) is 24.7. The minimum Gasteiger partial charge on any atom is -0.456 e. The minimum atomic E-state index is 0.898. The Kier molecular flexibility index (Phi) is 6.20. The predicted octanol–water partition coefficient (Wildman–Crippen LogP) is 18.0. The number of nitrogens with zero attached hydrogens (tertiary/aromatic N) is 4. The van der Waals surface area contributed by atoms with Gasteiger partial charge in [-0.2, -0.15) is 0 Å². The Balaban J connectivity index is 0.907. The van der Waals surface area contributed by atoms with Crippen LogP contribution in [-0.4, -0.2) is 17.9 Å². The van der Waals surface area contributed by atoms with Crippen molar-refractivity contribution in [1.82, 2.24) is 17.9 Å². The van der Waals surface area contributed by atoms with Crippen molar-refractivity contribution in [2.24, 2.45) is 0 Å². The van der Waals surface area contributed by atoms with Crippen LogP contribution in [-0.2, 0) is 0 Å². The molecule has 11 aromatic carbocycles. The lowest BCUT2D eigenvalue weighted by Crippen LogP contribution is -1.94. The summed E-state index contributed by atoms with van der Waals surface area (Å²) in [5.74, 6) is 0. The summed E-state index contributed by atoms with van der Waals surface area (Å²) in [6.45, 7) is 0. The third-order valence-electron chi connectivity index (χ3n) is 16.6. The topological polar surface area (TPSA) is 45.0 Å². The van der Waals surface area contributed by atoms with Gasteiger partial charge < -0.3 is 26.8 Å². The lowest BCUT2D eigenvalue weighted by atomic mass is 10.0. The molecular formula is C66H34N4O2. The van der Waals surface area contributed by atoms with Crippen molar-refractivity contribution in [2.75, 3.05) is 0 Å². The minimum absolute atomic E-state index is 0.898. The molecule has 0 aliphatic carbocycles. The molecule has 6 nitrogen and oxygen atoms in total. The molecule has 0 radical (unpaired) electrons. The second-order valence-electron chi connectivity index (χ2n) is 19.9. The first kappa shape index (κ1) is 36.2. The van der Waals surface area contributed by atoms with Crippen molar-refractivity contribution in [2.45, 2.75) is 0 Å². The summed E-state index contributed by atoms with van der Waals surface area (Å²) < 4.78 is 22.7. The number of rotatable bonds is 2. The molecule has 19 aromatic rings. The zero-order chi connectivity index (χ0) is 46.2. The molecular weight excluding hydrogens is 881 g/mol. The highest BCUT2D eigenvalue weighted by Crippen LogP contribution is 2.49. The largest absolute Gasteiger partial charge is 0.456 e. The monoisotopic (exact) mass is 914 g/mol. The van der Waals surface area contributed by atoms with E-state index in [0.717, 1.165) is 55.3 Å². The summed E-state index contributed by atoms with van der Waals surface area (Å²) in [6, 6.07) is 76.0. The predicted molar refractivity (Wildman–Crippen MR) is 299 cm³/mol. The summed E-state index contributed by atoms with van der Waals surface area (Å²) in [7, 11) is 0. The lowest BCUT2D eigenvalue weighted by molar-refractivity contribution is 0.668. The van der Waals surface area contributed by atoms with Gasteiger partial charge in [-0.05, 0) is 84.9 Å². The molecule has 72 heavy (non-hydrogen) atoms. The molecule has 8 aromatic heterocycles. The number of hydrogen-bond donors (Lipinski definition) is 0.